The van der Waals surface area contributed by atoms with Crippen LogP contribution in [0.1, 0.15) is 47.2 Å². The minimum atomic E-state index is 1.02. The van der Waals surface area contributed by atoms with Gasteiger partial charge in [-0.05, 0) is 73.4 Å². The number of hydrogen-bond donors (Lipinski definition) is 0. The minimum Gasteiger partial charge on any atom is -0.305 e. The normalized spacial score (nSPS) is 13.2. The average molecular weight is 322 g/mol. The summed E-state index contributed by atoms with van der Waals surface area (Å²) >= 11 is 0. The van der Waals surface area contributed by atoms with Gasteiger partial charge in [0.25, 0.3) is 0 Å². The molecule has 2 aromatic rings. The summed E-state index contributed by atoms with van der Waals surface area (Å²) in [5.74, 6) is 0. The van der Waals surface area contributed by atoms with Crippen LogP contribution in [0.15, 0.2) is 36.4 Å². The van der Waals surface area contributed by atoms with E-state index in [-0.39, 0.29) is 0 Å². The van der Waals surface area contributed by atoms with Crippen LogP contribution in [0.3, 0.4) is 0 Å². The van der Waals surface area contributed by atoms with Gasteiger partial charge in [-0.15, -0.1) is 0 Å². The van der Waals surface area contributed by atoms with Gasteiger partial charge in [-0.25, -0.2) is 0 Å². The molecule has 128 valence electrons. The molecule has 0 spiro atoms. The van der Waals surface area contributed by atoms with E-state index in [1.807, 2.05) is 0 Å². The van der Waals surface area contributed by atoms with Crippen LogP contribution >= 0.6 is 0 Å². The molecule has 2 nitrogen and oxygen atoms in total. The highest BCUT2D eigenvalue weighted by molar-refractivity contribution is 5.51. The Morgan fingerprint density at radius 1 is 0.792 bits per heavy atom. The molecule has 0 N–H and O–H groups in total. The second-order valence-electron chi connectivity index (χ2n) is 7.16. The predicted octanol–water partition coefficient (Wildman–Crippen LogP) is 4.09. The Morgan fingerprint density at radius 3 is 2.08 bits per heavy atom. The Labute approximate surface area is 147 Å². The van der Waals surface area contributed by atoms with Gasteiger partial charge >= 0.3 is 0 Å². The average Bonchev–Trinajstić information content (AvgIpc) is 2.59. The lowest BCUT2D eigenvalue weighted by atomic mass is 9.82. The molecule has 0 aliphatic heterocycles. The van der Waals surface area contributed by atoms with E-state index < -0.39 is 0 Å². The molecule has 0 atom stereocenters. The fraction of sp³-hybridized carbons (Fsp3) is 0.455. The van der Waals surface area contributed by atoms with Gasteiger partial charge < -0.3 is 4.90 Å². The molecule has 1 aliphatic carbocycles. The van der Waals surface area contributed by atoms with Gasteiger partial charge in [0.2, 0.25) is 0 Å². The highest BCUT2D eigenvalue weighted by Crippen LogP contribution is 2.32. The number of fused-ring (bicyclic) bond motifs is 2. The first-order valence-electron chi connectivity index (χ1n) is 9.18. The summed E-state index contributed by atoms with van der Waals surface area (Å²) in [5, 5.41) is 0. The van der Waals surface area contributed by atoms with Crippen LogP contribution in [0, 0.1) is 0 Å². The van der Waals surface area contributed by atoms with Crippen LogP contribution in [0.5, 0.6) is 0 Å². The zero-order valence-corrected chi connectivity index (χ0v) is 15.6. The molecular weight excluding hydrogens is 292 g/mol. The Morgan fingerprint density at radius 2 is 1.46 bits per heavy atom. The minimum absolute atomic E-state index is 1.02. The lowest BCUT2D eigenvalue weighted by Crippen LogP contribution is -2.26. The SMILES string of the molecule is CCN(CC)Cc1c(CN(C)C)ccc2c1Cc1ccccc1C2. The fourth-order valence-corrected chi connectivity index (χ4v) is 3.83. The van der Waals surface area contributed by atoms with Crippen molar-refractivity contribution in [3.05, 3.63) is 69.8 Å². The zero-order valence-electron chi connectivity index (χ0n) is 15.6. The van der Waals surface area contributed by atoms with Crippen LogP contribution in [0.25, 0.3) is 0 Å². The highest BCUT2D eigenvalue weighted by atomic mass is 15.1. The first-order chi connectivity index (χ1) is 11.6. The maximum Gasteiger partial charge on any atom is 0.0239 e. The molecule has 0 unspecified atom stereocenters. The van der Waals surface area contributed by atoms with E-state index in [1.165, 1.54) is 22.3 Å². The van der Waals surface area contributed by atoms with Gasteiger partial charge in [-0.3, -0.25) is 4.90 Å². The molecule has 0 radical (unpaired) electrons. The molecule has 2 heteroatoms. The summed E-state index contributed by atoms with van der Waals surface area (Å²) in [6.45, 7) is 8.84. The van der Waals surface area contributed by atoms with Crippen LogP contribution in [0.2, 0.25) is 0 Å². The van der Waals surface area contributed by atoms with Gasteiger partial charge in [0.05, 0.1) is 0 Å². The zero-order chi connectivity index (χ0) is 17.1. The largest absolute Gasteiger partial charge is 0.305 e. The van der Waals surface area contributed by atoms with Crippen molar-refractivity contribution < 1.29 is 0 Å². The first-order valence-corrected chi connectivity index (χ1v) is 9.18. The Kier molecular flexibility index (Phi) is 5.37. The highest BCUT2D eigenvalue weighted by Gasteiger charge is 2.21. The molecule has 0 amide bonds. The molecule has 0 aromatic heterocycles. The van der Waals surface area contributed by atoms with Crippen molar-refractivity contribution in [2.75, 3.05) is 27.2 Å². The van der Waals surface area contributed by atoms with Crippen LogP contribution in [-0.4, -0.2) is 37.0 Å². The van der Waals surface area contributed by atoms with E-state index in [4.69, 9.17) is 0 Å². The molecule has 24 heavy (non-hydrogen) atoms. The molecular formula is C22H30N2. The first kappa shape index (κ1) is 17.2. The maximum absolute atomic E-state index is 2.54. The van der Waals surface area contributed by atoms with Crippen LogP contribution in [-0.2, 0) is 25.9 Å². The summed E-state index contributed by atoms with van der Waals surface area (Å²) in [6.07, 6.45) is 2.17. The van der Waals surface area contributed by atoms with Crippen LogP contribution in [0.4, 0.5) is 0 Å². The van der Waals surface area contributed by atoms with E-state index in [2.05, 4.69) is 74.1 Å². The number of rotatable bonds is 6. The van der Waals surface area contributed by atoms with Gasteiger partial charge in [-0.1, -0.05) is 50.2 Å². The van der Waals surface area contributed by atoms with Gasteiger partial charge in [0, 0.05) is 13.1 Å². The van der Waals surface area contributed by atoms with Crippen molar-refractivity contribution >= 4 is 0 Å². The third-order valence-corrected chi connectivity index (χ3v) is 5.25. The van der Waals surface area contributed by atoms with E-state index in [9.17, 15) is 0 Å². The Bertz CT molecular complexity index is 699. The monoisotopic (exact) mass is 322 g/mol. The van der Waals surface area contributed by atoms with Crippen molar-refractivity contribution in [3.8, 4) is 0 Å². The molecule has 3 rings (SSSR count). The quantitative estimate of drug-likeness (QED) is 0.674. The van der Waals surface area contributed by atoms with E-state index in [1.54, 1.807) is 11.1 Å². The molecule has 0 saturated carbocycles. The Hall–Kier alpha value is -1.64. The van der Waals surface area contributed by atoms with Crippen molar-refractivity contribution in [1.29, 1.82) is 0 Å². The third-order valence-electron chi connectivity index (χ3n) is 5.25. The lowest BCUT2D eigenvalue weighted by Gasteiger charge is -2.28. The number of benzene rings is 2. The second-order valence-corrected chi connectivity index (χ2v) is 7.16. The lowest BCUT2D eigenvalue weighted by molar-refractivity contribution is 0.292. The van der Waals surface area contributed by atoms with Gasteiger partial charge in [0.1, 0.15) is 0 Å². The molecule has 0 fully saturated rings. The van der Waals surface area contributed by atoms with E-state index in [0.717, 1.165) is 39.0 Å². The fourth-order valence-electron chi connectivity index (χ4n) is 3.83. The molecule has 0 saturated heterocycles. The second kappa shape index (κ2) is 7.50. The smallest absolute Gasteiger partial charge is 0.0239 e. The maximum atomic E-state index is 2.54. The van der Waals surface area contributed by atoms with Crippen LogP contribution < -0.4 is 0 Å². The standard InChI is InChI=1S/C22H30N2/c1-5-24(6-2)16-22-20(15-23(3)4)12-11-19-13-17-9-7-8-10-18(17)14-21(19)22/h7-12H,5-6,13-16H2,1-4H3. The third kappa shape index (κ3) is 3.55. The number of nitrogens with zero attached hydrogens (tertiary/aromatic N) is 2. The summed E-state index contributed by atoms with van der Waals surface area (Å²) in [4.78, 5) is 4.82. The molecule has 0 bridgehead atoms. The Balaban J connectivity index is 2.03. The summed E-state index contributed by atoms with van der Waals surface area (Å²) in [6, 6.07) is 13.7. The van der Waals surface area contributed by atoms with Crippen molar-refractivity contribution in [3.63, 3.8) is 0 Å². The van der Waals surface area contributed by atoms with Crippen molar-refractivity contribution in [1.82, 2.24) is 9.80 Å². The summed E-state index contributed by atoms with van der Waals surface area (Å²) < 4.78 is 0. The van der Waals surface area contributed by atoms with Gasteiger partial charge in [0.15, 0.2) is 0 Å². The molecule has 1 aliphatic rings. The summed E-state index contributed by atoms with van der Waals surface area (Å²) in [7, 11) is 4.33. The van der Waals surface area contributed by atoms with Crippen molar-refractivity contribution in [2.24, 2.45) is 0 Å². The number of hydrogen-bond acceptors (Lipinski definition) is 2. The van der Waals surface area contributed by atoms with E-state index in [0.29, 0.717) is 0 Å². The molecule has 2 aromatic carbocycles. The molecule has 0 heterocycles. The van der Waals surface area contributed by atoms with Gasteiger partial charge in [-0.2, -0.15) is 0 Å². The predicted molar refractivity (Wildman–Crippen MR) is 103 cm³/mol. The summed E-state index contributed by atoms with van der Waals surface area (Å²) in [5.41, 5.74) is 9.18. The topological polar surface area (TPSA) is 6.48 Å². The van der Waals surface area contributed by atoms with Crippen molar-refractivity contribution in [2.45, 2.75) is 39.8 Å². The van der Waals surface area contributed by atoms with E-state index >= 15 is 0 Å².